The van der Waals surface area contributed by atoms with E-state index in [1.807, 2.05) is 0 Å². The first kappa shape index (κ1) is 9.83. The number of carbonyl (C=O) groups is 1. The Kier molecular flexibility index (Phi) is 2.26. The first-order chi connectivity index (χ1) is 7.09. The van der Waals surface area contributed by atoms with Crippen molar-refractivity contribution in [2.75, 3.05) is 0 Å². The number of carboxylic acids is 1. The van der Waals surface area contributed by atoms with E-state index in [-0.39, 0.29) is 5.75 Å². The average Bonchev–Trinajstić information content (AvgIpc) is 2.23. The van der Waals surface area contributed by atoms with Crippen molar-refractivity contribution in [3.8, 4) is 11.5 Å². The summed E-state index contributed by atoms with van der Waals surface area (Å²) in [7, 11) is 0. The molecule has 1 aromatic carbocycles. The molecule has 1 heterocycles. The number of carboxylic acid groups (broad SMARTS) is 1. The van der Waals surface area contributed by atoms with Gasteiger partial charge < -0.3 is 14.9 Å². The molecule has 80 valence electrons. The van der Waals surface area contributed by atoms with Gasteiger partial charge in [-0.3, -0.25) is 0 Å². The number of hydrogen-bond donors (Lipinski definition) is 2. The van der Waals surface area contributed by atoms with Crippen LogP contribution in [0, 0.1) is 6.92 Å². The topological polar surface area (TPSA) is 66.8 Å². The zero-order valence-electron chi connectivity index (χ0n) is 8.36. The molecule has 0 saturated heterocycles. The Morgan fingerprint density at radius 3 is 2.93 bits per heavy atom. The molecule has 1 aliphatic heterocycles. The number of rotatable bonds is 1. The quantitative estimate of drug-likeness (QED) is 0.733. The summed E-state index contributed by atoms with van der Waals surface area (Å²) >= 11 is 0. The first-order valence-corrected chi connectivity index (χ1v) is 4.80. The Bertz CT molecular complexity index is 411. The van der Waals surface area contributed by atoms with Gasteiger partial charge in [0.1, 0.15) is 11.5 Å². The van der Waals surface area contributed by atoms with Gasteiger partial charge in [-0.15, -0.1) is 0 Å². The maximum Gasteiger partial charge on any atom is 0.344 e. The minimum Gasteiger partial charge on any atom is -0.508 e. The number of benzene rings is 1. The van der Waals surface area contributed by atoms with E-state index in [0.29, 0.717) is 24.2 Å². The summed E-state index contributed by atoms with van der Waals surface area (Å²) in [6, 6.07) is 3.38. The molecule has 4 nitrogen and oxygen atoms in total. The Morgan fingerprint density at radius 1 is 1.53 bits per heavy atom. The number of hydrogen-bond acceptors (Lipinski definition) is 3. The Labute approximate surface area is 87.1 Å². The van der Waals surface area contributed by atoms with E-state index >= 15 is 0 Å². The Balaban J connectivity index is 2.39. The molecule has 1 aliphatic rings. The van der Waals surface area contributed by atoms with Crippen molar-refractivity contribution in [2.24, 2.45) is 0 Å². The summed E-state index contributed by atoms with van der Waals surface area (Å²) in [5, 5.41) is 18.3. The maximum atomic E-state index is 10.8. The summed E-state index contributed by atoms with van der Waals surface area (Å²) in [5.41, 5.74) is 1.57. The summed E-state index contributed by atoms with van der Waals surface area (Å²) < 4.78 is 5.35. The van der Waals surface area contributed by atoms with Gasteiger partial charge in [0.2, 0.25) is 0 Å². The predicted molar refractivity (Wildman–Crippen MR) is 53.2 cm³/mol. The lowest BCUT2D eigenvalue weighted by molar-refractivity contribution is -0.145. The average molecular weight is 208 g/mol. The highest BCUT2D eigenvalue weighted by Crippen LogP contribution is 2.35. The van der Waals surface area contributed by atoms with Crippen molar-refractivity contribution >= 4 is 5.97 Å². The Hall–Kier alpha value is -1.71. The van der Waals surface area contributed by atoms with Gasteiger partial charge >= 0.3 is 5.97 Å². The summed E-state index contributed by atoms with van der Waals surface area (Å²) in [6.07, 6.45) is 0.359. The van der Waals surface area contributed by atoms with Crippen LogP contribution in [-0.2, 0) is 11.2 Å². The van der Waals surface area contributed by atoms with E-state index in [1.54, 1.807) is 19.1 Å². The monoisotopic (exact) mass is 208 g/mol. The number of phenolic OH excluding ortho intramolecular Hbond substituents is 1. The smallest absolute Gasteiger partial charge is 0.344 e. The van der Waals surface area contributed by atoms with Crippen LogP contribution >= 0.6 is 0 Å². The molecule has 15 heavy (non-hydrogen) atoms. The Morgan fingerprint density at radius 2 is 2.27 bits per heavy atom. The van der Waals surface area contributed by atoms with Crippen LogP contribution in [0.4, 0.5) is 0 Å². The first-order valence-electron chi connectivity index (χ1n) is 4.80. The van der Waals surface area contributed by atoms with E-state index in [1.165, 1.54) is 0 Å². The molecule has 0 aromatic heterocycles. The molecule has 0 aliphatic carbocycles. The van der Waals surface area contributed by atoms with Crippen molar-refractivity contribution in [3.63, 3.8) is 0 Å². The highest BCUT2D eigenvalue weighted by atomic mass is 16.5. The van der Waals surface area contributed by atoms with Crippen LogP contribution in [0.2, 0.25) is 0 Å². The fraction of sp³-hybridized carbons (Fsp3) is 0.364. The molecule has 0 radical (unpaired) electrons. The van der Waals surface area contributed by atoms with Crippen LogP contribution in [-0.4, -0.2) is 22.3 Å². The molecule has 0 saturated carbocycles. The maximum absolute atomic E-state index is 10.8. The molecule has 4 heteroatoms. The van der Waals surface area contributed by atoms with Gasteiger partial charge in [0.15, 0.2) is 6.10 Å². The second-order valence-corrected chi connectivity index (χ2v) is 3.68. The number of ether oxygens (including phenoxy) is 1. The SMILES string of the molecule is Cc1c(O)ccc2c1OC(C(=O)O)CC2. The minimum atomic E-state index is -0.955. The van der Waals surface area contributed by atoms with Crippen LogP contribution in [0.25, 0.3) is 0 Å². The molecule has 0 amide bonds. The number of phenols is 1. The van der Waals surface area contributed by atoms with Crippen LogP contribution < -0.4 is 4.74 Å². The number of fused-ring (bicyclic) bond motifs is 1. The van der Waals surface area contributed by atoms with Crippen molar-refractivity contribution in [3.05, 3.63) is 23.3 Å². The van der Waals surface area contributed by atoms with E-state index < -0.39 is 12.1 Å². The molecule has 2 rings (SSSR count). The standard InChI is InChI=1S/C11H12O4/c1-6-8(12)4-2-7-3-5-9(11(13)14)15-10(6)7/h2,4,9,12H,3,5H2,1H3,(H,13,14). The van der Waals surface area contributed by atoms with Gasteiger partial charge in [-0.2, -0.15) is 0 Å². The van der Waals surface area contributed by atoms with Crippen LogP contribution in [0.15, 0.2) is 12.1 Å². The molecule has 2 N–H and O–H groups in total. The molecule has 1 atom stereocenters. The highest BCUT2D eigenvalue weighted by Gasteiger charge is 2.27. The number of aromatic hydroxyl groups is 1. The van der Waals surface area contributed by atoms with Gasteiger partial charge in [-0.1, -0.05) is 6.07 Å². The van der Waals surface area contributed by atoms with E-state index in [0.717, 1.165) is 5.56 Å². The zero-order valence-corrected chi connectivity index (χ0v) is 8.36. The lowest BCUT2D eigenvalue weighted by atomic mass is 9.99. The lowest BCUT2D eigenvalue weighted by Crippen LogP contribution is -2.31. The van der Waals surface area contributed by atoms with Crippen LogP contribution in [0.1, 0.15) is 17.5 Å². The summed E-state index contributed by atoms with van der Waals surface area (Å²) in [5.74, 6) is -0.295. The van der Waals surface area contributed by atoms with Crippen molar-refractivity contribution in [2.45, 2.75) is 25.9 Å². The molecular weight excluding hydrogens is 196 g/mol. The number of aryl methyl sites for hydroxylation is 1. The van der Waals surface area contributed by atoms with Crippen molar-refractivity contribution < 1.29 is 19.7 Å². The molecule has 0 fully saturated rings. The highest BCUT2D eigenvalue weighted by molar-refractivity contribution is 5.73. The third-order valence-corrected chi connectivity index (χ3v) is 2.67. The van der Waals surface area contributed by atoms with E-state index in [2.05, 4.69) is 0 Å². The summed E-state index contributed by atoms with van der Waals surface area (Å²) in [6.45, 7) is 1.72. The third-order valence-electron chi connectivity index (χ3n) is 2.67. The number of aliphatic carboxylic acids is 1. The molecular formula is C11H12O4. The molecule has 1 unspecified atom stereocenters. The molecule has 1 aromatic rings. The fourth-order valence-electron chi connectivity index (χ4n) is 1.76. The van der Waals surface area contributed by atoms with Gasteiger partial charge in [0.05, 0.1) is 0 Å². The van der Waals surface area contributed by atoms with Gasteiger partial charge in [-0.25, -0.2) is 4.79 Å². The molecule has 0 bridgehead atoms. The van der Waals surface area contributed by atoms with Gasteiger partial charge in [-0.05, 0) is 31.4 Å². The fourth-order valence-corrected chi connectivity index (χ4v) is 1.76. The van der Waals surface area contributed by atoms with Gasteiger partial charge in [0.25, 0.3) is 0 Å². The second-order valence-electron chi connectivity index (χ2n) is 3.68. The largest absolute Gasteiger partial charge is 0.508 e. The van der Waals surface area contributed by atoms with Crippen LogP contribution in [0.3, 0.4) is 0 Å². The van der Waals surface area contributed by atoms with Crippen molar-refractivity contribution in [1.82, 2.24) is 0 Å². The van der Waals surface area contributed by atoms with E-state index in [4.69, 9.17) is 9.84 Å². The third kappa shape index (κ3) is 1.63. The molecule has 0 spiro atoms. The summed E-state index contributed by atoms with van der Waals surface area (Å²) in [4.78, 5) is 10.8. The minimum absolute atomic E-state index is 0.139. The van der Waals surface area contributed by atoms with Gasteiger partial charge in [0, 0.05) is 5.56 Å². The van der Waals surface area contributed by atoms with Crippen molar-refractivity contribution in [1.29, 1.82) is 0 Å². The zero-order chi connectivity index (χ0) is 11.0. The second kappa shape index (κ2) is 3.46. The van der Waals surface area contributed by atoms with Crippen LogP contribution in [0.5, 0.6) is 11.5 Å². The lowest BCUT2D eigenvalue weighted by Gasteiger charge is -2.24. The normalized spacial score (nSPS) is 19.1. The predicted octanol–water partition coefficient (Wildman–Crippen LogP) is 1.48. The van der Waals surface area contributed by atoms with E-state index in [9.17, 15) is 9.90 Å².